The third-order valence-electron chi connectivity index (χ3n) is 4.61. The number of fused-ring (bicyclic) bond motifs is 1. The summed E-state index contributed by atoms with van der Waals surface area (Å²) in [6.07, 6.45) is -0.660. The van der Waals surface area contributed by atoms with Crippen molar-refractivity contribution in [2.45, 2.75) is 38.0 Å². The molecule has 1 aliphatic carbocycles. The Hall–Kier alpha value is -1.18. The lowest BCUT2D eigenvalue weighted by atomic mass is 9.48. The SMILES string of the molecule is CC1(C)C2OCCC2C1(N)C(=O)NCC(O)C(N)=O. The Labute approximate surface area is 111 Å². The molecule has 0 aromatic heterocycles. The molecule has 0 aromatic carbocycles. The Kier molecular flexibility index (Phi) is 3.32. The summed E-state index contributed by atoms with van der Waals surface area (Å²) in [6.45, 7) is 4.17. The Balaban J connectivity index is 2.04. The maximum Gasteiger partial charge on any atom is 0.248 e. The normalized spacial score (nSPS) is 37.1. The molecule has 4 atom stereocenters. The highest BCUT2D eigenvalue weighted by molar-refractivity contribution is 5.90. The number of nitrogens with two attached hydrogens (primary N) is 2. The topological polar surface area (TPSA) is 128 Å². The summed E-state index contributed by atoms with van der Waals surface area (Å²) in [5, 5.41) is 11.8. The van der Waals surface area contributed by atoms with Crippen LogP contribution in [0.4, 0.5) is 0 Å². The van der Waals surface area contributed by atoms with Crippen LogP contribution >= 0.6 is 0 Å². The van der Waals surface area contributed by atoms with E-state index in [1.54, 1.807) is 0 Å². The highest BCUT2D eigenvalue weighted by Gasteiger charge is 2.71. The van der Waals surface area contributed by atoms with E-state index in [2.05, 4.69) is 5.32 Å². The number of amides is 2. The first kappa shape index (κ1) is 14.2. The second-order valence-corrected chi connectivity index (χ2v) is 5.91. The van der Waals surface area contributed by atoms with Crippen molar-refractivity contribution in [1.29, 1.82) is 0 Å². The maximum absolute atomic E-state index is 12.3. The smallest absolute Gasteiger partial charge is 0.248 e. The molecule has 2 amide bonds. The van der Waals surface area contributed by atoms with E-state index < -0.39 is 23.0 Å². The van der Waals surface area contributed by atoms with Crippen molar-refractivity contribution >= 4 is 11.8 Å². The molecular formula is C12H21N3O4. The number of hydrogen-bond donors (Lipinski definition) is 4. The predicted octanol–water partition coefficient (Wildman–Crippen LogP) is -1.91. The van der Waals surface area contributed by atoms with Gasteiger partial charge in [-0.15, -0.1) is 0 Å². The molecule has 1 saturated heterocycles. The van der Waals surface area contributed by atoms with Gasteiger partial charge in [0.2, 0.25) is 11.8 Å². The molecule has 2 rings (SSSR count). The lowest BCUT2D eigenvalue weighted by molar-refractivity contribution is -0.175. The first-order valence-electron chi connectivity index (χ1n) is 6.39. The number of ether oxygens (including phenoxy) is 1. The van der Waals surface area contributed by atoms with Gasteiger partial charge in [-0.25, -0.2) is 0 Å². The van der Waals surface area contributed by atoms with E-state index in [-0.39, 0.29) is 24.5 Å². The van der Waals surface area contributed by atoms with Crippen molar-refractivity contribution in [3.63, 3.8) is 0 Å². The zero-order chi connectivity index (χ0) is 14.4. The zero-order valence-corrected chi connectivity index (χ0v) is 11.2. The number of aliphatic hydroxyl groups excluding tert-OH is 1. The number of hydrogen-bond acceptors (Lipinski definition) is 5. The van der Waals surface area contributed by atoms with Crippen molar-refractivity contribution in [3.8, 4) is 0 Å². The summed E-state index contributed by atoms with van der Waals surface area (Å²) in [6, 6.07) is 0. The van der Waals surface area contributed by atoms with Gasteiger partial charge in [0.1, 0.15) is 11.6 Å². The van der Waals surface area contributed by atoms with Crippen molar-refractivity contribution in [2.75, 3.05) is 13.2 Å². The van der Waals surface area contributed by atoms with E-state index in [0.29, 0.717) is 6.61 Å². The number of carbonyl (C=O) groups is 2. The van der Waals surface area contributed by atoms with Crippen LogP contribution < -0.4 is 16.8 Å². The molecule has 0 spiro atoms. The van der Waals surface area contributed by atoms with Crippen LogP contribution in [0.5, 0.6) is 0 Å². The molecule has 19 heavy (non-hydrogen) atoms. The standard InChI is InChI=1S/C12H21N3O4/c1-11(2)8-6(3-4-19-8)12(11,14)10(18)15-5-7(16)9(13)17/h6-8,16H,3-5,14H2,1-2H3,(H2,13,17)(H,15,18). The molecule has 1 saturated carbocycles. The van der Waals surface area contributed by atoms with Gasteiger partial charge < -0.3 is 26.6 Å². The second-order valence-electron chi connectivity index (χ2n) is 5.91. The minimum Gasteiger partial charge on any atom is -0.381 e. The molecule has 108 valence electrons. The van der Waals surface area contributed by atoms with E-state index >= 15 is 0 Å². The quantitative estimate of drug-likeness (QED) is 0.474. The molecule has 6 N–H and O–H groups in total. The number of carbonyl (C=O) groups excluding carboxylic acids is 2. The minimum atomic E-state index is -1.40. The monoisotopic (exact) mass is 271 g/mol. The lowest BCUT2D eigenvalue weighted by Gasteiger charge is -2.60. The molecule has 0 radical (unpaired) electrons. The first-order valence-corrected chi connectivity index (χ1v) is 6.39. The summed E-state index contributed by atoms with van der Waals surface area (Å²) < 4.78 is 5.59. The zero-order valence-electron chi connectivity index (χ0n) is 11.2. The highest BCUT2D eigenvalue weighted by Crippen LogP contribution is 2.58. The van der Waals surface area contributed by atoms with E-state index in [0.717, 1.165) is 6.42 Å². The van der Waals surface area contributed by atoms with Crippen molar-refractivity contribution in [1.82, 2.24) is 5.32 Å². The highest BCUT2D eigenvalue weighted by atomic mass is 16.5. The van der Waals surface area contributed by atoms with Crippen LogP contribution in [0, 0.1) is 11.3 Å². The van der Waals surface area contributed by atoms with Gasteiger partial charge in [0.15, 0.2) is 0 Å². The van der Waals surface area contributed by atoms with Crippen LogP contribution in [-0.2, 0) is 14.3 Å². The fraction of sp³-hybridized carbons (Fsp3) is 0.833. The molecule has 2 fully saturated rings. The molecule has 0 aromatic rings. The fourth-order valence-corrected chi connectivity index (χ4v) is 3.28. The number of nitrogens with one attached hydrogen (secondary N) is 1. The van der Waals surface area contributed by atoms with Gasteiger partial charge in [0.25, 0.3) is 0 Å². The van der Waals surface area contributed by atoms with Crippen molar-refractivity contribution in [3.05, 3.63) is 0 Å². The van der Waals surface area contributed by atoms with E-state index in [9.17, 15) is 14.7 Å². The average Bonchev–Trinajstić information content (AvgIpc) is 2.82. The predicted molar refractivity (Wildman–Crippen MR) is 66.8 cm³/mol. The van der Waals surface area contributed by atoms with Gasteiger partial charge in [-0.1, -0.05) is 13.8 Å². The number of rotatable bonds is 4. The molecule has 2 aliphatic rings. The average molecular weight is 271 g/mol. The summed E-state index contributed by atoms with van der Waals surface area (Å²) >= 11 is 0. The number of aliphatic hydroxyl groups is 1. The maximum atomic E-state index is 12.3. The summed E-state index contributed by atoms with van der Waals surface area (Å²) in [4.78, 5) is 23.0. The van der Waals surface area contributed by atoms with Gasteiger partial charge in [-0.05, 0) is 6.42 Å². The van der Waals surface area contributed by atoms with Crippen LogP contribution in [-0.4, -0.2) is 47.8 Å². The van der Waals surface area contributed by atoms with E-state index in [4.69, 9.17) is 16.2 Å². The minimum absolute atomic E-state index is 0.00989. The lowest BCUT2D eigenvalue weighted by Crippen LogP contribution is -2.80. The molecule has 1 heterocycles. The molecule has 1 aliphatic heterocycles. The Morgan fingerprint density at radius 2 is 2.16 bits per heavy atom. The molecular weight excluding hydrogens is 250 g/mol. The molecule has 7 heteroatoms. The summed E-state index contributed by atoms with van der Waals surface area (Å²) in [7, 11) is 0. The van der Waals surface area contributed by atoms with Crippen molar-refractivity contribution < 1.29 is 19.4 Å². The summed E-state index contributed by atoms with van der Waals surface area (Å²) in [5.74, 6) is -1.26. The van der Waals surface area contributed by atoms with E-state index in [1.807, 2.05) is 13.8 Å². The second kappa shape index (κ2) is 4.43. The van der Waals surface area contributed by atoms with E-state index in [1.165, 1.54) is 0 Å². The van der Waals surface area contributed by atoms with Crippen LogP contribution in [0.25, 0.3) is 0 Å². The van der Waals surface area contributed by atoms with Gasteiger partial charge in [0, 0.05) is 17.9 Å². The van der Waals surface area contributed by atoms with Gasteiger partial charge >= 0.3 is 0 Å². The fourth-order valence-electron chi connectivity index (χ4n) is 3.28. The van der Waals surface area contributed by atoms with Crippen LogP contribution in [0.1, 0.15) is 20.3 Å². The Morgan fingerprint density at radius 3 is 2.74 bits per heavy atom. The third-order valence-corrected chi connectivity index (χ3v) is 4.61. The molecule has 7 nitrogen and oxygen atoms in total. The summed E-state index contributed by atoms with van der Waals surface area (Å²) in [5.41, 5.74) is 9.69. The molecule has 0 bridgehead atoms. The Morgan fingerprint density at radius 1 is 1.53 bits per heavy atom. The van der Waals surface area contributed by atoms with Gasteiger partial charge in [-0.3, -0.25) is 9.59 Å². The van der Waals surface area contributed by atoms with Crippen LogP contribution in [0.2, 0.25) is 0 Å². The Bertz CT molecular complexity index is 412. The van der Waals surface area contributed by atoms with Crippen LogP contribution in [0.15, 0.2) is 0 Å². The third kappa shape index (κ3) is 1.84. The molecule has 4 unspecified atom stereocenters. The van der Waals surface area contributed by atoms with Crippen LogP contribution in [0.3, 0.4) is 0 Å². The first-order chi connectivity index (χ1) is 8.73. The van der Waals surface area contributed by atoms with Crippen molar-refractivity contribution in [2.24, 2.45) is 22.8 Å². The number of primary amides is 1. The van der Waals surface area contributed by atoms with Gasteiger partial charge in [-0.2, -0.15) is 0 Å². The van der Waals surface area contributed by atoms with Gasteiger partial charge in [0.05, 0.1) is 12.6 Å². The largest absolute Gasteiger partial charge is 0.381 e.